The summed E-state index contributed by atoms with van der Waals surface area (Å²) >= 11 is 1.49. The van der Waals surface area contributed by atoms with Gasteiger partial charge in [0.1, 0.15) is 5.51 Å². The van der Waals surface area contributed by atoms with Gasteiger partial charge in [0.15, 0.2) is 0 Å². The van der Waals surface area contributed by atoms with Crippen molar-refractivity contribution in [3.63, 3.8) is 0 Å². The number of ether oxygens (including phenoxy) is 1. The first kappa shape index (κ1) is 17.8. The number of piperidine rings is 1. The Morgan fingerprint density at radius 2 is 1.89 bits per heavy atom. The first-order valence-corrected chi connectivity index (χ1v) is 10.7. The molecule has 0 radical (unpaired) electrons. The highest BCUT2D eigenvalue weighted by molar-refractivity contribution is 7.14. The minimum atomic E-state index is 0.0975. The molecule has 3 aromatic rings. The van der Waals surface area contributed by atoms with E-state index in [1.54, 1.807) is 10.0 Å². The number of fused-ring (bicyclic) bond motifs is 1. The van der Waals surface area contributed by atoms with Gasteiger partial charge in [-0.05, 0) is 18.9 Å². The molecule has 7 nitrogen and oxygen atoms in total. The number of nitrogens with zero attached hydrogens (tertiary/aromatic N) is 5. The number of amides is 1. The molecule has 2 aliphatic rings. The van der Waals surface area contributed by atoms with E-state index >= 15 is 0 Å². The number of likely N-dealkylation sites (tertiary alicyclic amines) is 1. The number of hydrogen-bond acceptors (Lipinski definition) is 6. The smallest absolute Gasteiger partial charge is 0.254 e. The second-order valence-corrected chi connectivity index (χ2v) is 8.12. The van der Waals surface area contributed by atoms with E-state index in [0.29, 0.717) is 6.04 Å². The molecule has 8 heteroatoms. The van der Waals surface area contributed by atoms with Crippen LogP contribution in [0.3, 0.4) is 0 Å². The third-order valence-electron chi connectivity index (χ3n) is 5.73. The van der Waals surface area contributed by atoms with Crippen molar-refractivity contribution < 1.29 is 9.53 Å². The van der Waals surface area contributed by atoms with Crippen LogP contribution in [-0.2, 0) is 4.74 Å². The molecule has 0 aliphatic carbocycles. The molecule has 2 saturated heterocycles. The Morgan fingerprint density at radius 1 is 1.11 bits per heavy atom. The molecule has 5 rings (SSSR count). The number of aromatic nitrogens is 3. The average molecular weight is 398 g/mol. The molecule has 1 amide bonds. The molecule has 0 N–H and O–H groups in total. The number of carbonyl (C=O) groups excluding carboxylic acids is 1. The van der Waals surface area contributed by atoms with Crippen LogP contribution in [-0.4, -0.2) is 75.7 Å². The monoisotopic (exact) mass is 397 g/mol. The zero-order valence-corrected chi connectivity index (χ0v) is 16.5. The Labute approximate surface area is 167 Å². The van der Waals surface area contributed by atoms with Crippen molar-refractivity contribution in [1.82, 2.24) is 24.4 Å². The Morgan fingerprint density at radius 3 is 2.68 bits per heavy atom. The van der Waals surface area contributed by atoms with E-state index in [9.17, 15) is 4.79 Å². The molecular formula is C20H23N5O2S. The predicted molar refractivity (Wildman–Crippen MR) is 108 cm³/mol. The van der Waals surface area contributed by atoms with E-state index in [-0.39, 0.29) is 5.91 Å². The van der Waals surface area contributed by atoms with Crippen LogP contribution in [0.15, 0.2) is 36.0 Å². The number of rotatable bonds is 3. The summed E-state index contributed by atoms with van der Waals surface area (Å²) in [5.74, 6) is 0.0975. The largest absolute Gasteiger partial charge is 0.379 e. The standard InChI is InChI=1S/C20H23N5O2S/c26-19(24-7-5-15(6-8-24)23-9-11-27-12-10-23)17-4-2-1-3-16(17)18-13-25-20(22-18)28-14-21-25/h1-4,13-15H,5-12H2. The van der Waals surface area contributed by atoms with Crippen LogP contribution >= 0.6 is 11.3 Å². The van der Waals surface area contributed by atoms with Crippen LogP contribution in [0.25, 0.3) is 16.2 Å². The van der Waals surface area contributed by atoms with E-state index in [1.165, 1.54) is 11.3 Å². The van der Waals surface area contributed by atoms with Crippen molar-refractivity contribution in [2.75, 3.05) is 39.4 Å². The van der Waals surface area contributed by atoms with Gasteiger partial charge in [0.05, 0.1) is 25.1 Å². The molecule has 28 heavy (non-hydrogen) atoms. The van der Waals surface area contributed by atoms with Gasteiger partial charge in [0.25, 0.3) is 5.91 Å². The topological polar surface area (TPSA) is 63.0 Å². The number of hydrogen-bond donors (Lipinski definition) is 0. The molecule has 1 aromatic carbocycles. The second kappa shape index (κ2) is 7.62. The van der Waals surface area contributed by atoms with E-state index in [2.05, 4.69) is 15.0 Å². The maximum absolute atomic E-state index is 13.3. The molecule has 146 valence electrons. The normalized spacial score (nSPS) is 19.4. The maximum Gasteiger partial charge on any atom is 0.254 e. The Kier molecular flexibility index (Phi) is 4.84. The number of benzene rings is 1. The van der Waals surface area contributed by atoms with Crippen LogP contribution in [0.1, 0.15) is 23.2 Å². The highest BCUT2D eigenvalue weighted by Gasteiger charge is 2.29. The van der Waals surface area contributed by atoms with Crippen LogP contribution in [0, 0.1) is 0 Å². The van der Waals surface area contributed by atoms with Gasteiger partial charge in [-0.3, -0.25) is 9.69 Å². The summed E-state index contributed by atoms with van der Waals surface area (Å²) in [4.78, 5) is 23.3. The molecule has 2 aromatic heterocycles. The third-order valence-corrected chi connectivity index (χ3v) is 6.42. The summed E-state index contributed by atoms with van der Waals surface area (Å²) in [5, 5.41) is 4.25. The Hall–Kier alpha value is -2.29. The van der Waals surface area contributed by atoms with Gasteiger partial charge in [-0.2, -0.15) is 5.10 Å². The lowest BCUT2D eigenvalue weighted by atomic mass is 9.99. The molecule has 0 bridgehead atoms. The van der Waals surface area contributed by atoms with E-state index in [1.807, 2.05) is 35.4 Å². The summed E-state index contributed by atoms with van der Waals surface area (Å²) in [7, 11) is 0. The van der Waals surface area contributed by atoms with Gasteiger partial charge in [-0.1, -0.05) is 29.5 Å². The van der Waals surface area contributed by atoms with Gasteiger partial charge in [0, 0.05) is 43.3 Å². The van der Waals surface area contributed by atoms with Crippen molar-refractivity contribution in [1.29, 1.82) is 0 Å². The van der Waals surface area contributed by atoms with Gasteiger partial charge >= 0.3 is 0 Å². The van der Waals surface area contributed by atoms with Crippen LogP contribution in [0.2, 0.25) is 0 Å². The average Bonchev–Trinajstić information content (AvgIpc) is 3.36. The summed E-state index contributed by atoms with van der Waals surface area (Å²) in [5.41, 5.74) is 4.16. The van der Waals surface area contributed by atoms with E-state index in [4.69, 9.17) is 4.74 Å². The number of imidazole rings is 1. The Balaban J connectivity index is 1.33. The summed E-state index contributed by atoms with van der Waals surface area (Å²) < 4.78 is 7.22. The van der Waals surface area contributed by atoms with Gasteiger partial charge in [-0.25, -0.2) is 9.50 Å². The third kappa shape index (κ3) is 3.32. The predicted octanol–water partition coefficient (Wildman–Crippen LogP) is 2.39. The first-order valence-electron chi connectivity index (χ1n) is 9.79. The highest BCUT2D eigenvalue weighted by atomic mass is 32.1. The quantitative estimate of drug-likeness (QED) is 0.679. The fourth-order valence-electron chi connectivity index (χ4n) is 4.21. The van der Waals surface area contributed by atoms with Crippen molar-refractivity contribution >= 4 is 22.2 Å². The molecule has 0 spiro atoms. The zero-order chi connectivity index (χ0) is 18.9. The summed E-state index contributed by atoms with van der Waals surface area (Å²) in [6.07, 6.45) is 3.94. The zero-order valence-electron chi connectivity index (χ0n) is 15.7. The lowest BCUT2D eigenvalue weighted by Gasteiger charge is -2.40. The molecular weight excluding hydrogens is 374 g/mol. The highest BCUT2D eigenvalue weighted by Crippen LogP contribution is 2.27. The first-order chi connectivity index (χ1) is 13.8. The molecule has 2 fully saturated rings. The van der Waals surface area contributed by atoms with Crippen LogP contribution in [0.5, 0.6) is 0 Å². The van der Waals surface area contributed by atoms with Crippen molar-refractivity contribution in [2.45, 2.75) is 18.9 Å². The van der Waals surface area contributed by atoms with Gasteiger partial charge in [0.2, 0.25) is 4.96 Å². The van der Waals surface area contributed by atoms with Crippen LogP contribution in [0.4, 0.5) is 0 Å². The summed E-state index contributed by atoms with van der Waals surface area (Å²) in [6, 6.07) is 8.33. The van der Waals surface area contributed by atoms with Gasteiger partial charge < -0.3 is 9.64 Å². The number of carbonyl (C=O) groups is 1. The summed E-state index contributed by atoms with van der Waals surface area (Å²) in [6.45, 7) is 5.26. The SMILES string of the molecule is O=C(c1ccccc1-c1cn2ncsc2n1)N1CCC(N2CCOCC2)CC1. The molecule has 0 atom stereocenters. The molecule has 0 unspecified atom stereocenters. The van der Waals surface area contributed by atoms with Crippen molar-refractivity contribution in [3.8, 4) is 11.3 Å². The van der Waals surface area contributed by atoms with E-state index < -0.39 is 0 Å². The van der Waals surface area contributed by atoms with Crippen molar-refractivity contribution in [3.05, 3.63) is 41.5 Å². The minimum absolute atomic E-state index is 0.0975. The Bertz CT molecular complexity index is 941. The molecule has 2 aliphatic heterocycles. The fraction of sp³-hybridized carbons (Fsp3) is 0.450. The molecule has 4 heterocycles. The lowest BCUT2D eigenvalue weighted by molar-refractivity contribution is 0.00160. The minimum Gasteiger partial charge on any atom is -0.379 e. The lowest BCUT2D eigenvalue weighted by Crippen LogP contribution is -2.50. The molecule has 0 saturated carbocycles. The van der Waals surface area contributed by atoms with Crippen LogP contribution < -0.4 is 0 Å². The van der Waals surface area contributed by atoms with Crippen molar-refractivity contribution in [2.24, 2.45) is 0 Å². The fourth-order valence-corrected chi connectivity index (χ4v) is 4.81. The second-order valence-electron chi connectivity index (χ2n) is 7.31. The maximum atomic E-state index is 13.3. The number of morpholine rings is 1. The van der Waals surface area contributed by atoms with E-state index in [0.717, 1.165) is 74.0 Å². The van der Waals surface area contributed by atoms with Gasteiger partial charge in [-0.15, -0.1) is 0 Å².